The van der Waals surface area contributed by atoms with Crippen LogP contribution in [0.15, 0.2) is 0 Å². The molecule has 1 aliphatic heterocycles. The van der Waals surface area contributed by atoms with Crippen molar-refractivity contribution in [2.45, 2.75) is 51.5 Å². The van der Waals surface area contributed by atoms with Crippen LogP contribution in [0, 0.1) is 5.41 Å². The number of nitrogens with zero attached hydrogens (tertiary/aromatic N) is 2. The van der Waals surface area contributed by atoms with Gasteiger partial charge in [-0.25, -0.2) is 0 Å². The third-order valence-electron chi connectivity index (χ3n) is 5.14. The van der Waals surface area contributed by atoms with Gasteiger partial charge in [-0.2, -0.15) is 0 Å². The van der Waals surface area contributed by atoms with Crippen LogP contribution >= 0.6 is 0 Å². The van der Waals surface area contributed by atoms with Crippen molar-refractivity contribution in [2.75, 3.05) is 33.2 Å². The van der Waals surface area contributed by atoms with Crippen LogP contribution in [0.2, 0.25) is 0 Å². The minimum absolute atomic E-state index is 0.246. The molecule has 0 radical (unpaired) electrons. The summed E-state index contributed by atoms with van der Waals surface area (Å²) >= 11 is 0. The van der Waals surface area contributed by atoms with E-state index in [1.165, 1.54) is 19.4 Å². The molecule has 0 spiro atoms. The number of carbonyl (C=O) groups is 1. The predicted molar refractivity (Wildman–Crippen MR) is 77.9 cm³/mol. The van der Waals surface area contributed by atoms with Crippen LogP contribution < -0.4 is 5.73 Å². The summed E-state index contributed by atoms with van der Waals surface area (Å²) in [5.74, 6) is 0.287. The van der Waals surface area contributed by atoms with Gasteiger partial charge in [-0.1, -0.05) is 19.8 Å². The van der Waals surface area contributed by atoms with Gasteiger partial charge in [0.2, 0.25) is 5.91 Å². The fourth-order valence-corrected chi connectivity index (χ4v) is 3.88. The molecule has 1 unspecified atom stereocenters. The summed E-state index contributed by atoms with van der Waals surface area (Å²) in [5.41, 5.74) is 5.67. The summed E-state index contributed by atoms with van der Waals surface area (Å²) in [6.45, 7) is 5.87. The molecule has 1 aliphatic carbocycles. The van der Waals surface area contributed by atoms with Crippen molar-refractivity contribution in [2.24, 2.45) is 11.1 Å². The van der Waals surface area contributed by atoms with E-state index < -0.39 is 0 Å². The van der Waals surface area contributed by atoms with Gasteiger partial charge < -0.3 is 10.6 Å². The number of rotatable bonds is 5. The topological polar surface area (TPSA) is 49.6 Å². The average molecular weight is 267 g/mol. The molecule has 4 nitrogen and oxygen atoms in total. The SMILES string of the molecule is CCN1CCCC1CN(C)C(=O)C1(CN)CCCC1. The normalized spacial score (nSPS) is 26.8. The average Bonchev–Trinajstić information content (AvgIpc) is 3.06. The van der Waals surface area contributed by atoms with Crippen molar-refractivity contribution in [3.8, 4) is 0 Å². The zero-order chi connectivity index (χ0) is 13.9. The molecule has 0 bridgehead atoms. The molecule has 19 heavy (non-hydrogen) atoms. The van der Waals surface area contributed by atoms with Crippen LogP contribution in [0.5, 0.6) is 0 Å². The number of likely N-dealkylation sites (tertiary alicyclic amines) is 1. The maximum absolute atomic E-state index is 12.7. The minimum atomic E-state index is -0.246. The van der Waals surface area contributed by atoms with Gasteiger partial charge in [0.25, 0.3) is 0 Å². The lowest BCUT2D eigenvalue weighted by Gasteiger charge is -2.34. The van der Waals surface area contributed by atoms with Crippen molar-refractivity contribution in [1.29, 1.82) is 0 Å². The van der Waals surface area contributed by atoms with E-state index in [1.54, 1.807) is 0 Å². The first kappa shape index (κ1) is 14.8. The third kappa shape index (κ3) is 2.95. The molecule has 1 atom stereocenters. The number of carbonyl (C=O) groups excluding carboxylic acids is 1. The molecule has 2 N–H and O–H groups in total. The van der Waals surface area contributed by atoms with E-state index in [0.29, 0.717) is 12.6 Å². The van der Waals surface area contributed by atoms with Crippen molar-refractivity contribution < 1.29 is 4.79 Å². The lowest BCUT2D eigenvalue weighted by molar-refractivity contribution is -0.140. The Morgan fingerprint density at radius 3 is 2.63 bits per heavy atom. The third-order valence-corrected chi connectivity index (χ3v) is 5.14. The zero-order valence-corrected chi connectivity index (χ0v) is 12.5. The zero-order valence-electron chi connectivity index (χ0n) is 12.5. The smallest absolute Gasteiger partial charge is 0.229 e. The molecule has 0 aromatic carbocycles. The predicted octanol–water partition coefficient (Wildman–Crippen LogP) is 1.45. The van der Waals surface area contributed by atoms with E-state index in [0.717, 1.165) is 38.8 Å². The summed E-state index contributed by atoms with van der Waals surface area (Å²) in [6, 6.07) is 0.551. The second-order valence-corrected chi connectivity index (χ2v) is 6.30. The molecule has 1 heterocycles. The van der Waals surface area contributed by atoms with Gasteiger partial charge in [-0.05, 0) is 38.8 Å². The van der Waals surface area contributed by atoms with Gasteiger partial charge in [0.05, 0.1) is 5.41 Å². The fourth-order valence-electron chi connectivity index (χ4n) is 3.88. The van der Waals surface area contributed by atoms with E-state index in [9.17, 15) is 4.79 Å². The Hall–Kier alpha value is -0.610. The van der Waals surface area contributed by atoms with Crippen LogP contribution in [0.4, 0.5) is 0 Å². The first-order valence-electron chi connectivity index (χ1n) is 7.82. The standard InChI is InChI=1S/C15H29N3O/c1-3-18-10-6-7-13(18)11-17(2)14(19)15(12-16)8-4-5-9-15/h13H,3-12,16H2,1-2H3. The maximum atomic E-state index is 12.7. The largest absolute Gasteiger partial charge is 0.344 e. The van der Waals surface area contributed by atoms with Crippen LogP contribution in [0.3, 0.4) is 0 Å². The second-order valence-electron chi connectivity index (χ2n) is 6.30. The van der Waals surface area contributed by atoms with Gasteiger partial charge in [0.15, 0.2) is 0 Å². The molecule has 0 aromatic rings. The molecule has 1 amide bonds. The Labute approximate surface area is 117 Å². The van der Waals surface area contributed by atoms with Crippen molar-refractivity contribution in [3.63, 3.8) is 0 Å². The van der Waals surface area contributed by atoms with E-state index in [1.807, 2.05) is 11.9 Å². The van der Waals surface area contributed by atoms with Crippen LogP contribution in [-0.4, -0.2) is 55.0 Å². The lowest BCUT2D eigenvalue weighted by Crippen LogP contribution is -2.49. The summed E-state index contributed by atoms with van der Waals surface area (Å²) in [5, 5.41) is 0. The highest BCUT2D eigenvalue weighted by Crippen LogP contribution is 2.38. The first-order valence-corrected chi connectivity index (χ1v) is 7.82. The summed E-state index contributed by atoms with van der Waals surface area (Å²) in [6.07, 6.45) is 6.76. The van der Waals surface area contributed by atoms with Gasteiger partial charge in [-0.15, -0.1) is 0 Å². The molecule has 1 saturated heterocycles. The second kappa shape index (κ2) is 6.23. The van der Waals surface area contributed by atoms with Gasteiger partial charge >= 0.3 is 0 Å². The van der Waals surface area contributed by atoms with Crippen LogP contribution in [0.25, 0.3) is 0 Å². The van der Waals surface area contributed by atoms with Gasteiger partial charge in [0.1, 0.15) is 0 Å². The van der Waals surface area contributed by atoms with E-state index in [-0.39, 0.29) is 11.3 Å². The molecular formula is C15H29N3O. The number of hydrogen-bond acceptors (Lipinski definition) is 3. The Bertz CT molecular complexity index is 313. The Kier molecular flexibility index (Phi) is 4.85. The minimum Gasteiger partial charge on any atom is -0.344 e. The molecule has 110 valence electrons. The van der Waals surface area contributed by atoms with Crippen LogP contribution in [0.1, 0.15) is 45.4 Å². The summed E-state index contributed by atoms with van der Waals surface area (Å²) in [4.78, 5) is 17.2. The number of amides is 1. The van der Waals surface area contributed by atoms with Crippen molar-refractivity contribution in [1.82, 2.24) is 9.80 Å². The van der Waals surface area contributed by atoms with E-state index >= 15 is 0 Å². The number of likely N-dealkylation sites (N-methyl/N-ethyl adjacent to an activating group) is 2. The molecule has 0 aromatic heterocycles. The number of hydrogen-bond donors (Lipinski definition) is 1. The Morgan fingerprint density at radius 1 is 1.37 bits per heavy atom. The highest BCUT2D eigenvalue weighted by Gasteiger charge is 2.42. The highest BCUT2D eigenvalue weighted by atomic mass is 16.2. The molecular weight excluding hydrogens is 238 g/mol. The lowest BCUT2D eigenvalue weighted by atomic mass is 9.84. The van der Waals surface area contributed by atoms with Crippen molar-refractivity contribution >= 4 is 5.91 Å². The molecule has 4 heteroatoms. The maximum Gasteiger partial charge on any atom is 0.229 e. The van der Waals surface area contributed by atoms with Gasteiger partial charge in [0, 0.05) is 26.2 Å². The Morgan fingerprint density at radius 2 is 2.05 bits per heavy atom. The van der Waals surface area contributed by atoms with E-state index in [4.69, 9.17) is 5.73 Å². The van der Waals surface area contributed by atoms with E-state index in [2.05, 4.69) is 11.8 Å². The first-order chi connectivity index (χ1) is 9.13. The Balaban J connectivity index is 1.95. The molecule has 2 rings (SSSR count). The molecule has 2 aliphatic rings. The molecule has 1 saturated carbocycles. The van der Waals surface area contributed by atoms with Crippen LogP contribution in [-0.2, 0) is 4.79 Å². The fraction of sp³-hybridized carbons (Fsp3) is 0.933. The highest BCUT2D eigenvalue weighted by molar-refractivity contribution is 5.83. The quantitative estimate of drug-likeness (QED) is 0.820. The molecule has 2 fully saturated rings. The van der Waals surface area contributed by atoms with Gasteiger partial charge in [-0.3, -0.25) is 9.69 Å². The monoisotopic (exact) mass is 267 g/mol. The van der Waals surface area contributed by atoms with Crippen molar-refractivity contribution in [3.05, 3.63) is 0 Å². The summed E-state index contributed by atoms with van der Waals surface area (Å²) in [7, 11) is 1.96. The number of nitrogens with two attached hydrogens (primary N) is 1. The summed E-state index contributed by atoms with van der Waals surface area (Å²) < 4.78 is 0.